The maximum atomic E-state index is 6.30. The van der Waals surface area contributed by atoms with Gasteiger partial charge in [0.25, 0.3) is 0 Å². The largest absolute Gasteiger partial charge is 0.495 e. The molecule has 3 nitrogen and oxygen atoms in total. The average Bonchev–Trinajstić information content (AvgIpc) is 2.55. The highest BCUT2D eigenvalue weighted by atomic mass is 35.5. The van der Waals surface area contributed by atoms with Crippen molar-refractivity contribution < 1.29 is 14.0 Å². The molecule has 0 amide bonds. The lowest BCUT2D eigenvalue weighted by atomic mass is 9.76. The van der Waals surface area contributed by atoms with Crippen molar-refractivity contribution in [2.24, 2.45) is 5.41 Å². The second-order valence-corrected chi connectivity index (χ2v) is 6.98. The summed E-state index contributed by atoms with van der Waals surface area (Å²) in [5, 5.41) is 0.627. The van der Waals surface area contributed by atoms with Gasteiger partial charge >= 0.3 is 7.12 Å². The highest BCUT2D eigenvalue weighted by molar-refractivity contribution is 6.65. The summed E-state index contributed by atoms with van der Waals surface area (Å²) in [5.41, 5.74) is 1.97. The predicted molar refractivity (Wildman–Crippen MR) is 93.3 cm³/mol. The van der Waals surface area contributed by atoms with Gasteiger partial charge < -0.3 is 14.0 Å². The van der Waals surface area contributed by atoms with Crippen molar-refractivity contribution in [2.75, 3.05) is 13.2 Å². The van der Waals surface area contributed by atoms with Crippen molar-refractivity contribution in [3.05, 3.63) is 59.1 Å². The lowest BCUT2D eigenvalue weighted by molar-refractivity contribution is 0.0343. The van der Waals surface area contributed by atoms with Crippen LogP contribution in [-0.4, -0.2) is 20.3 Å². The maximum Gasteiger partial charge on any atom is 0.495 e. The van der Waals surface area contributed by atoms with E-state index in [1.807, 2.05) is 48.5 Å². The predicted octanol–water partition coefficient (Wildman–Crippen LogP) is 3.69. The Morgan fingerprint density at radius 1 is 1.09 bits per heavy atom. The van der Waals surface area contributed by atoms with Crippen molar-refractivity contribution in [3.63, 3.8) is 0 Å². The second-order valence-electron chi connectivity index (χ2n) is 6.58. The average molecular weight is 331 g/mol. The highest BCUT2D eigenvalue weighted by Crippen LogP contribution is 2.24. The second kappa shape index (κ2) is 6.96. The van der Waals surface area contributed by atoms with Crippen LogP contribution in [0.4, 0.5) is 0 Å². The molecule has 0 bridgehead atoms. The molecule has 23 heavy (non-hydrogen) atoms. The van der Waals surface area contributed by atoms with Crippen LogP contribution in [0.1, 0.15) is 19.4 Å². The van der Waals surface area contributed by atoms with Gasteiger partial charge in [0.05, 0.1) is 0 Å². The Morgan fingerprint density at radius 3 is 2.48 bits per heavy atom. The topological polar surface area (TPSA) is 27.7 Å². The third-order valence-electron chi connectivity index (χ3n) is 3.72. The van der Waals surface area contributed by atoms with E-state index in [2.05, 4.69) is 13.8 Å². The van der Waals surface area contributed by atoms with Gasteiger partial charge in [0.2, 0.25) is 0 Å². The van der Waals surface area contributed by atoms with Gasteiger partial charge in [-0.2, -0.15) is 0 Å². The lowest BCUT2D eigenvalue weighted by Crippen LogP contribution is -2.47. The quantitative estimate of drug-likeness (QED) is 0.800. The molecule has 1 aliphatic rings. The minimum atomic E-state index is -0.434. The van der Waals surface area contributed by atoms with E-state index < -0.39 is 7.12 Å². The van der Waals surface area contributed by atoms with Crippen LogP contribution in [0.15, 0.2) is 48.5 Å². The zero-order valence-corrected chi connectivity index (χ0v) is 14.2. The van der Waals surface area contributed by atoms with Crippen LogP contribution in [0.3, 0.4) is 0 Å². The number of halogens is 1. The SMILES string of the molecule is CC1(C)COB(c2cc(OCc3ccccc3)ccc2Cl)OC1. The Labute approximate surface area is 142 Å². The van der Waals surface area contributed by atoms with Gasteiger partial charge in [-0.25, -0.2) is 0 Å². The van der Waals surface area contributed by atoms with Gasteiger partial charge in [0, 0.05) is 29.1 Å². The number of hydrogen-bond donors (Lipinski definition) is 0. The van der Waals surface area contributed by atoms with Gasteiger partial charge in [0.15, 0.2) is 0 Å². The summed E-state index contributed by atoms with van der Waals surface area (Å²) >= 11 is 6.30. The van der Waals surface area contributed by atoms with Crippen molar-refractivity contribution in [1.82, 2.24) is 0 Å². The third-order valence-corrected chi connectivity index (χ3v) is 4.06. The van der Waals surface area contributed by atoms with E-state index in [1.54, 1.807) is 0 Å². The van der Waals surface area contributed by atoms with Crippen LogP contribution >= 0.6 is 11.6 Å². The summed E-state index contributed by atoms with van der Waals surface area (Å²) in [4.78, 5) is 0. The summed E-state index contributed by atoms with van der Waals surface area (Å²) in [6.45, 7) is 6.03. The molecule has 0 spiro atoms. The molecule has 1 fully saturated rings. The van der Waals surface area contributed by atoms with E-state index in [-0.39, 0.29) is 5.41 Å². The summed E-state index contributed by atoms with van der Waals surface area (Å²) < 4.78 is 17.5. The Bertz CT molecular complexity index is 651. The maximum absolute atomic E-state index is 6.30. The molecule has 0 atom stereocenters. The molecule has 1 aliphatic heterocycles. The fourth-order valence-electron chi connectivity index (χ4n) is 2.41. The van der Waals surface area contributed by atoms with Crippen molar-refractivity contribution in [2.45, 2.75) is 20.5 Å². The fraction of sp³-hybridized carbons (Fsp3) is 0.333. The van der Waals surface area contributed by atoms with Crippen molar-refractivity contribution in [3.8, 4) is 5.75 Å². The molecule has 0 radical (unpaired) electrons. The van der Waals surface area contributed by atoms with Crippen LogP contribution in [0.5, 0.6) is 5.75 Å². The van der Waals surface area contributed by atoms with Crippen LogP contribution < -0.4 is 10.2 Å². The molecule has 3 rings (SSSR count). The molecular weight excluding hydrogens is 310 g/mol. The first kappa shape index (κ1) is 16.4. The van der Waals surface area contributed by atoms with Crippen LogP contribution in [-0.2, 0) is 15.9 Å². The summed E-state index contributed by atoms with van der Waals surface area (Å²) in [7, 11) is -0.434. The van der Waals surface area contributed by atoms with E-state index in [0.717, 1.165) is 16.8 Å². The third kappa shape index (κ3) is 4.28. The van der Waals surface area contributed by atoms with Crippen molar-refractivity contribution in [1.29, 1.82) is 0 Å². The van der Waals surface area contributed by atoms with E-state index in [1.165, 1.54) is 0 Å². The number of rotatable bonds is 4. The molecular formula is C18H20BClO3. The molecule has 0 N–H and O–H groups in total. The molecule has 1 heterocycles. The van der Waals surface area contributed by atoms with E-state index in [4.69, 9.17) is 25.6 Å². The van der Waals surface area contributed by atoms with Crippen LogP contribution in [0.2, 0.25) is 5.02 Å². The molecule has 120 valence electrons. The number of benzene rings is 2. The van der Waals surface area contributed by atoms with E-state index >= 15 is 0 Å². The fourth-order valence-corrected chi connectivity index (χ4v) is 2.61. The number of hydrogen-bond acceptors (Lipinski definition) is 3. The Hall–Kier alpha value is -1.49. The first-order valence-electron chi connectivity index (χ1n) is 7.73. The van der Waals surface area contributed by atoms with Crippen LogP contribution in [0.25, 0.3) is 0 Å². The molecule has 0 saturated carbocycles. The Morgan fingerprint density at radius 2 is 1.78 bits per heavy atom. The van der Waals surface area contributed by atoms with Gasteiger partial charge in [-0.3, -0.25) is 0 Å². The van der Waals surface area contributed by atoms with E-state index in [9.17, 15) is 0 Å². The monoisotopic (exact) mass is 330 g/mol. The summed E-state index contributed by atoms with van der Waals surface area (Å²) in [6.07, 6.45) is 0. The zero-order valence-electron chi connectivity index (χ0n) is 13.4. The Kier molecular flexibility index (Phi) is 4.95. The van der Waals surface area contributed by atoms with Crippen molar-refractivity contribution >= 4 is 24.2 Å². The van der Waals surface area contributed by atoms with Gasteiger partial charge in [-0.1, -0.05) is 55.8 Å². The summed E-state index contributed by atoms with van der Waals surface area (Å²) in [6, 6.07) is 15.6. The number of ether oxygens (including phenoxy) is 1. The lowest BCUT2D eigenvalue weighted by Gasteiger charge is -2.33. The first-order chi connectivity index (χ1) is 11.0. The molecule has 2 aromatic carbocycles. The smallest absolute Gasteiger partial charge is 0.489 e. The first-order valence-corrected chi connectivity index (χ1v) is 8.11. The highest BCUT2D eigenvalue weighted by Gasteiger charge is 2.34. The molecule has 2 aromatic rings. The normalized spacial score (nSPS) is 17.1. The zero-order chi connectivity index (χ0) is 16.3. The van der Waals surface area contributed by atoms with Gasteiger partial charge in [-0.05, 0) is 23.8 Å². The molecule has 0 unspecified atom stereocenters. The molecule has 0 aromatic heterocycles. The minimum absolute atomic E-state index is 0.0321. The standard InChI is InChI=1S/C18H20BClO3/c1-18(2)12-22-19(23-13-18)16-10-15(8-9-17(16)20)21-11-14-6-4-3-5-7-14/h3-10H,11-13H2,1-2H3. The van der Waals surface area contributed by atoms with Gasteiger partial charge in [-0.15, -0.1) is 0 Å². The van der Waals surface area contributed by atoms with Crippen LogP contribution in [0, 0.1) is 5.41 Å². The molecule has 1 saturated heterocycles. The summed E-state index contributed by atoms with van der Waals surface area (Å²) in [5.74, 6) is 0.755. The Balaban J connectivity index is 1.69. The molecule has 0 aliphatic carbocycles. The van der Waals surface area contributed by atoms with Gasteiger partial charge in [0.1, 0.15) is 12.4 Å². The minimum Gasteiger partial charge on any atom is -0.489 e. The van der Waals surface area contributed by atoms with E-state index in [0.29, 0.717) is 24.8 Å². The molecule has 5 heteroatoms.